The third kappa shape index (κ3) is 4.75. The molecule has 0 spiro atoms. The van der Waals surface area contributed by atoms with Crippen molar-refractivity contribution in [3.63, 3.8) is 0 Å². The Kier molecular flexibility index (Phi) is 5.46. The van der Waals surface area contributed by atoms with Gasteiger partial charge in [0.05, 0.1) is 35.8 Å². The quantitative estimate of drug-likeness (QED) is 0.853. The second-order valence-electron chi connectivity index (χ2n) is 6.06. The number of amides is 2. The van der Waals surface area contributed by atoms with Gasteiger partial charge in [-0.15, -0.1) is 0 Å². The van der Waals surface area contributed by atoms with Gasteiger partial charge in [0.25, 0.3) is 0 Å². The summed E-state index contributed by atoms with van der Waals surface area (Å²) >= 11 is 0. The Morgan fingerprint density at radius 1 is 1.27 bits per heavy atom. The number of rotatable bonds is 4. The summed E-state index contributed by atoms with van der Waals surface area (Å²) in [6, 6.07) is 4.04. The minimum Gasteiger partial charge on any atom is -0.376 e. The summed E-state index contributed by atoms with van der Waals surface area (Å²) in [6.45, 7) is 1.30. The number of benzene rings is 1. The molecule has 2 amide bonds. The molecular weight excluding hydrogens is 349 g/mol. The van der Waals surface area contributed by atoms with Crippen molar-refractivity contribution in [2.24, 2.45) is 0 Å². The molecule has 1 saturated heterocycles. The molecule has 1 unspecified atom stereocenters. The van der Waals surface area contributed by atoms with Crippen LogP contribution in [-0.4, -0.2) is 28.5 Å². The van der Waals surface area contributed by atoms with Gasteiger partial charge >= 0.3 is 12.2 Å². The first-order valence-corrected chi connectivity index (χ1v) is 8.30. The molecule has 1 aliphatic heterocycles. The fraction of sp³-hybridized carbons (Fsp3) is 0.412. The summed E-state index contributed by atoms with van der Waals surface area (Å²) < 4.78 is 46.1. The lowest BCUT2D eigenvalue weighted by atomic mass is 10.1. The number of nitrogens with one attached hydrogen (secondary N) is 2. The van der Waals surface area contributed by atoms with Crippen molar-refractivity contribution in [3.05, 3.63) is 42.2 Å². The highest BCUT2D eigenvalue weighted by atomic mass is 19.4. The molecule has 9 heteroatoms. The smallest absolute Gasteiger partial charge is 0.376 e. The topological polar surface area (TPSA) is 68.2 Å². The number of hydrogen-bond acceptors (Lipinski definition) is 3. The zero-order valence-electron chi connectivity index (χ0n) is 13.9. The predicted molar refractivity (Wildman–Crippen MR) is 89.9 cm³/mol. The van der Waals surface area contributed by atoms with Crippen molar-refractivity contribution in [2.75, 3.05) is 17.2 Å². The minimum atomic E-state index is -4.55. The minimum absolute atomic E-state index is 0.0870. The van der Waals surface area contributed by atoms with Gasteiger partial charge in [0.1, 0.15) is 0 Å². The van der Waals surface area contributed by atoms with E-state index in [2.05, 4.69) is 15.7 Å². The standard InChI is InChI=1S/C17H19F3N4O2/c18-17(19,20)14-6-1-2-7-15(14)23-16(25)22-12-9-21-24(10-12)11-13-5-3-4-8-26-13/h1-2,6-7,9-10,13H,3-5,8,11H2,(H2,22,23,25). The van der Waals surface area contributed by atoms with Gasteiger partial charge in [0, 0.05) is 12.8 Å². The van der Waals surface area contributed by atoms with E-state index in [1.807, 2.05) is 0 Å². The maximum Gasteiger partial charge on any atom is 0.418 e. The second-order valence-corrected chi connectivity index (χ2v) is 6.06. The average molecular weight is 368 g/mol. The van der Waals surface area contributed by atoms with Gasteiger partial charge in [0.15, 0.2) is 0 Å². The van der Waals surface area contributed by atoms with Crippen molar-refractivity contribution in [1.82, 2.24) is 9.78 Å². The van der Waals surface area contributed by atoms with Gasteiger partial charge < -0.3 is 15.4 Å². The van der Waals surface area contributed by atoms with Crippen molar-refractivity contribution < 1.29 is 22.7 Å². The van der Waals surface area contributed by atoms with Crippen LogP contribution in [0.4, 0.5) is 29.3 Å². The van der Waals surface area contributed by atoms with Gasteiger partial charge in [-0.2, -0.15) is 18.3 Å². The van der Waals surface area contributed by atoms with E-state index in [1.165, 1.54) is 24.4 Å². The van der Waals surface area contributed by atoms with Crippen LogP contribution in [0.25, 0.3) is 0 Å². The molecule has 2 aromatic rings. The Balaban J connectivity index is 1.59. The number of carbonyl (C=O) groups excluding carboxylic acids is 1. The number of nitrogens with zero attached hydrogens (tertiary/aromatic N) is 2. The van der Waals surface area contributed by atoms with E-state index < -0.39 is 17.8 Å². The summed E-state index contributed by atoms with van der Waals surface area (Å²) in [5, 5.41) is 8.85. The van der Waals surface area contributed by atoms with Gasteiger partial charge in [-0.25, -0.2) is 4.79 Å². The van der Waals surface area contributed by atoms with Crippen LogP contribution in [-0.2, 0) is 17.5 Å². The number of urea groups is 1. The highest BCUT2D eigenvalue weighted by molar-refractivity contribution is 6.00. The number of carbonyl (C=O) groups is 1. The summed E-state index contributed by atoms with van der Waals surface area (Å²) in [5.74, 6) is 0. The molecule has 26 heavy (non-hydrogen) atoms. The van der Waals surface area contributed by atoms with Crippen LogP contribution in [0.1, 0.15) is 24.8 Å². The molecule has 1 aromatic carbocycles. The summed E-state index contributed by atoms with van der Waals surface area (Å²) in [7, 11) is 0. The number of aromatic nitrogens is 2. The molecule has 2 N–H and O–H groups in total. The molecule has 6 nitrogen and oxygen atoms in total. The highest BCUT2D eigenvalue weighted by Gasteiger charge is 2.33. The fourth-order valence-corrected chi connectivity index (χ4v) is 2.81. The largest absolute Gasteiger partial charge is 0.418 e. The van der Waals surface area contributed by atoms with Crippen molar-refractivity contribution in [2.45, 2.75) is 38.1 Å². The maximum atomic E-state index is 13.0. The van der Waals surface area contributed by atoms with Gasteiger partial charge in [0.2, 0.25) is 0 Å². The lowest BCUT2D eigenvalue weighted by Crippen LogP contribution is -2.24. The monoisotopic (exact) mass is 368 g/mol. The number of alkyl halides is 3. The van der Waals surface area contributed by atoms with E-state index in [9.17, 15) is 18.0 Å². The van der Waals surface area contributed by atoms with Crippen LogP contribution in [0.2, 0.25) is 0 Å². The first-order chi connectivity index (χ1) is 12.4. The van der Waals surface area contributed by atoms with Crippen LogP contribution in [0, 0.1) is 0 Å². The van der Waals surface area contributed by atoms with Gasteiger partial charge in [-0.1, -0.05) is 12.1 Å². The summed E-state index contributed by atoms with van der Waals surface area (Å²) in [6.07, 6.45) is 1.72. The maximum absolute atomic E-state index is 13.0. The highest BCUT2D eigenvalue weighted by Crippen LogP contribution is 2.34. The molecule has 0 aliphatic carbocycles. The Labute approximate surface area is 148 Å². The Morgan fingerprint density at radius 2 is 2.08 bits per heavy atom. The number of halogens is 3. The molecule has 2 heterocycles. The number of para-hydroxylation sites is 1. The molecule has 0 saturated carbocycles. The van der Waals surface area contributed by atoms with E-state index in [0.717, 1.165) is 31.9 Å². The first kappa shape index (κ1) is 18.2. The Bertz CT molecular complexity index is 754. The van der Waals surface area contributed by atoms with E-state index in [0.29, 0.717) is 12.2 Å². The molecule has 0 bridgehead atoms. The van der Waals surface area contributed by atoms with Crippen LogP contribution in [0.3, 0.4) is 0 Å². The molecule has 0 radical (unpaired) electrons. The lowest BCUT2D eigenvalue weighted by molar-refractivity contribution is -0.136. The van der Waals surface area contributed by atoms with Crippen molar-refractivity contribution in [1.29, 1.82) is 0 Å². The average Bonchev–Trinajstić information content (AvgIpc) is 3.02. The van der Waals surface area contributed by atoms with Crippen molar-refractivity contribution >= 4 is 17.4 Å². The molecule has 1 aliphatic rings. The van der Waals surface area contributed by atoms with E-state index in [4.69, 9.17) is 4.74 Å². The Morgan fingerprint density at radius 3 is 2.81 bits per heavy atom. The molecule has 1 fully saturated rings. The molecule has 1 aromatic heterocycles. The van der Waals surface area contributed by atoms with E-state index in [-0.39, 0.29) is 11.8 Å². The molecule has 1 atom stereocenters. The van der Waals surface area contributed by atoms with Crippen LogP contribution in [0.15, 0.2) is 36.7 Å². The second kappa shape index (κ2) is 7.77. The SMILES string of the molecule is O=C(Nc1cnn(CC2CCCCO2)c1)Nc1ccccc1C(F)(F)F. The Hall–Kier alpha value is -2.55. The van der Waals surface area contributed by atoms with Crippen LogP contribution >= 0.6 is 0 Å². The number of hydrogen-bond donors (Lipinski definition) is 2. The predicted octanol–water partition coefficient (Wildman–Crippen LogP) is 4.12. The van der Waals surface area contributed by atoms with E-state index in [1.54, 1.807) is 10.9 Å². The van der Waals surface area contributed by atoms with Gasteiger partial charge in [-0.3, -0.25) is 4.68 Å². The normalized spacial score (nSPS) is 17.7. The third-order valence-corrected chi connectivity index (χ3v) is 4.04. The van der Waals surface area contributed by atoms with Crippen LogP contribution < -0.4 is 10.6 Å². The molecule has 140 valence electrons. The fourth-order valence-electron chi connectivity index (χ4n) is 2.81. The number of anilines is 2. The zero-order valence-corrected chi connectivity index (χ0v) is 13.9. The van der Waals surface area contributed by atoms with Gasteiger partial charge in [-0.05, 0) is 31.4 Å². The lowest BCUT2D eigenvalue weighted by Gasteiger charge is -2.22. The van der Waals surface area contributed by atoms with Crippen molar-refractivity contribution in [3.8, 4) is 0 Å². The summed E-state index contributed by atoms with van der Waals surface area (Å²) in [5.41, 5.74) is -0.816. The summed E-state index contributed by atoms with van der Waals surface area (Å²) in [4.78, 5) is 12.0. The molecule has 3 rings (SSSR count). The number of ether oxygens (including phenoxy) is 1. The van der Waals surface area contributed by atoms with Crippen LogP contribution in [0.5, 0.6) is 0 Å². The first-order valence-electron chi connectivity index (χ1n) is 8.30. The third-order valence-electron chi connectivity index (χ3n) is 4.04. The van der Waals surface area contributed by atoms with E-state index >= 15 is 0 Å². The zero-order chi connectivity index (χ0) is 18.6. The molecular formula is C17H19F3N4O2.